The number of likely N-dealkylation sites (N-methyl/N-ethyl adjacent to an activating group) is 1. The van der Waals surface area contributed by atoms with Crippen molar-refractivity contribution in [1.29, 1.82) is 0 Å². The number of carboxylic acids is 1. The van der Waals surface area contributed by atoms with Gasteiger partial charge in [-0.05, 0) is 116 Å². The average molecular weight is 651 g/mol. The van der Waals surface area contributed by atoms with Crippen LogP contribution >= 0.6 is 55.2 Å². The third-order valence-corrected chi connectivity index (χ3v) is 7.59. The zero-order valence-electron chi connectivity index (χ0n) is 18.9. The number of carboxylic acid groups (broad SMARTS) is 1. The van der Waals surface area contributed by atoms with E-state index in [4.69, 9.17) is 21.4 Å². The van der Waals surface area contributed by atoms with Crippen molar-refractivity contribution in [2.75, 3.05) is 6.54 Å². The molecule has 3 aromatic rings. The highest BCUT2D eigenvalue weighted by Gasteiger charge is 2.32. The Balaban J connectivity index is 1.54. The second kappa shape index (κ2) is 11.6. The molecule has 1 N–H and O–H groups in total. The number of aromatic carboxylic acids is 1. The molecule has 1 saturated heterocycles. The Morgan fingerprint density at radius 2 is 1.75 bits per heavy atom. The first-order chi connectivity index (χ1) is 17.2. The molecule has 0 radical (unpaired) electrons. The fraction of sp³-hybridized carbons (Fsp3) is 0.115. The smallest absolute Gasteiger partial charge is 0.335 e. The van der Waals surface area contributed by atoms with Gasteiger partial charge in [0.15, 0.2) is 5.17 Å². The van der Waals surface area contributed by atoms with Crippen LogP contribution in [0.25, 0.3) is 6.08 Å². The molecule has 1 heterocycles. The van der Waals surface area contributed by atoms with Crippen LogP contribution < -0.4 is 4.74 Å². The molecule has 0 atom stereocenters. The van der Waals surface area contributed by atoms with E-state index in [9.17, 15) is 9.59 Å². The number of amidine groups is 1. The summed E-state index contributed by atoms with van der Waals surface area (Å²) in [7, 11) is 0. The van der Waals surface area contributed by atoms with Crippen LogP contribution in [0.2, 0.25) is 5.02 Å². The van der Waals surface area contributed by atoms with Gasteiger partial charge in [-0.1, -0.05) is 23.7 Å². The number of carbonyl (C=O) groups is 2. The van der Waals surface area contributed by atoms with Gasteiger partial charge in [-0.3, -0.25) is 9.69 Å². The standard InChI is InChI=1S/C26H19Br2ClN2O4S/c1-2-31-24(32)22(36-26(31)30-19-9-5-17(6-10-19)25(33)34)13-16-11-20(27)23(21(28)12-16)35-14-15-3-7-18(29)8-4-15/h3-13H,2,14H2,1H3,(H,33,34). The molecule has 0 saturated carbocycles. The van der Waals surface area contributed by atoms with Gasteiger partial charge in [-0.25, -0.2) is 9.79 Å². The number of nitrogens with zero attached hydrogens (tertiary/aromatic N) is 2. The maximum atomic E-state index is 13.0. The monoisotopic (exact) mass is 648 g/mol. The van der Waals surface area contributed by atoms with Gasteiger partial charge in [0, 0.05) is 11.6 Å². The highest BCUT2D eigenvalue weighted by atomic mass is 79.9. The summed E-state index contributed by atoms with van der Waals surface area (Å²) < 4.78 is 7.47. The molecular weight excluding hydrogens is 632 g/mol. The molecule has 6 nitrogen and oxygen atoms in total. The fourth-order valence-corrected chi connectivity index (χ4v) is 5.99. The Bertz CT molecular complexity index is 1350. The summed E-state index contributed by atoms with van der Waals surface area (Å²) in [5.74, 6) is -0.489. The van der Waals surface area contributed by atoms with Crippen LogP contribution in [0.15, 0.2) is 79.5 Å². The molecule has 0 unspecified atom stereocenters. The summed E-state index contributed by atoms with van der Waals surface area (Å²) >= 11 is 14.4. The van der Waals surface area contributed by atoms with Gasteiger partial charge >= 0.3 is 5.97 Å². The molecule has 1 amide bonds. The molecule has 0 spiro atoms. The van der Waals surface area contributed by atoms with Crippen LogP contribution in [0.5, 0.6) is 5.75 Å². The molecule has 184 valence electrons. The first-order valence-electron chi connectivity index (χ1n) is 10.7. The van der Waals surface area contributed by atoms with Gasteiger partial charge in [-0.15, -0.1) is 0 Å². The normalized spacial score (nSPS) is 15.7. The van der Waals surface area contributed by atoms with E-state index in [1.165, 1.54) is 23.9 Å². The van der Waals surface area contributed by atoms with Crippen LogP contribution in [0.1, 0.15) is 28.4 Å². The Morgan fingerprint density at radius 1 is 1.11 bits per heavy atom. The molecular formula is C26H19Br2ClN2O4S. The molecule has 1 aliphatic rings. The highest BCUT2D eigenvalue weighted by molar-refractivity contribution is 9.11. The lowest BCUT2D eigenvalue weighted by atomic mass is 10.2. The van der Waals surface area contributed by atoms with Crippen molar-refractivity contribution in [3.8, 4) is 5.75 Å². The zero-order chi connectivity index (χ0) is 25.8. The molecule has 0 bridgehead atoms. The van der Waals surface area contributed by atoms with Gasteiger partial charge < -0.3 is 9.84 Å². The first kappa shape index (κ1) is 26.5. The maximum absolute atomic E-state index is 13.0. The lowest BCUT2D eigenvalue weighted by Crippen LogP contribution is -2.28. The van der Waals surface area contributed by atoms with Crippen LogP contribution in [0.4, 0.5) is 5.69 Å². The third-order valence-electron chi connectivity index (χ3n) is 5.16. The highest BCUT2D eigenvalue weighted by Crippen LogP contribution is 2.38. The molecule has 4 rings (SSSR count). The largest absolute Gasteiger partial charge is 0.487 e. The third kappa shape index (κ3) is 6.21. The molecule has 1 fully saturated rings. The van der Waals surface area contributed by atoms with Crippen molar-refractivity contribution >= 4 is 84.0 Å². The van der Waals surface area contributed by atoms with E-state index in [1.54, 1.807) is 17.0 Å². The van der Waals surface area contributed by atoms with Crippen LogP contribution in [0, 0.1) is 0 Å². The molecule has 3 aromatic carbocycles. The van der Waals surface area contributed by atoms with Gasteiger partial charge in [-0.2, -0.15) is 0 Å². The summed E-state index contributed by atoms with van der Waals surface area (Å²) in [6.07, 6.45) is 1.81. The van der Waals surface area contributed by atoms with Crippen LogP contribution in [-0.2, 0) is 11.4 Å². The Morgan fingerprint density at radius 3 is 2.33 bits per heavy atom. The fourth-order valence-electron chi connectivity index (χ4n) is 3.35. The van der Waals surface area contributed by atoms with Crippen molar-refractivity contribution in [2.45, 2.75) is 13.5 Å². The zero-order valence-corrected chi connectivity index (χ0v) is 23.6. The van der Waals surface area contributed by atoms with Gasteiger partial charge in [0.05, 0.1) is 25.1 Å². The van der Waals surface area contributed by atoms with E-state index in [0.29, 0.717) is 39.7 Å². The summed E-state index contributed by atoms with van der Waals surface area (Å²) in [5, 5.41) is 10.3. The van der Waals surface area contributed by atoms with Gasteiger partial charge in [0.2, 0.25) is 0 Å². The van der Waals surface area contributed by atoms with E-state index in [2.05, 4.69) is 36.9 Å². The van der Waals surface area contributed by atoms with Crippen molar-refractivity contribution in [3.05, 3.63) is 96.2 Å². The number of amides is 1. The lowest BCUT2D eigenvalue weighted by molar-refractivity contribution is -0.122. The van der Waals surface area contributed by atoms with Crippen molar-refractivity contribution in [3.63, 3.8) is 0 Å². The van der Waals surface area contributed by atoms with E-state index in [0.717, 1.165) is 20.1 Å². The topological polar surface area (TPSA) is 79.2 Å². The second-order valence-corrected chi connectivity index (χ2v) is 10.8. The summed E-state index contributed by atoms with van der Waals surface area (Å²) in [5.41, 5.74) is 2.55. The summed E-state index contributed by atoms with van der Waals surface area (Å²) in [6, 6.07) is 17.4. The van der Waals surface area contributed by atoms with Crippen molar-refractivity contribution in [1.82, 2.24) is 4.90 Å². The number of rotatable bonds is 7. The maximum Gasteiger partial charge on any atom is 0.335 e. The minimum atomic E-state index is -1.00. The van der Waals surface area contributed by atoms with E-state index >= 15 is 0 Å². The summed E-state index contributed by atoms with van der Waals surface area (Å²) in [6.45, 7) is 2.71. The van der Waals surface area contributed by atoms with Crippen LogP contribution in [-0.4, -0.2) is 33.6 Å². The SMILES string of the molecule is CCN1C(=O)C(=Cc2cc(Br)c(OCc3ccc(Cl)cc3)c(Br)c2)SC1=Nc1ccc(C(=O)O)cc1. The molecule has 1 aliphatic heterocycles. The predicted molar refractivity (Wildman–Crippen MR) is 151 cm³/mol. The number of benzene rings is 3. The quantitative estimate of drug-likeness (QED) is 0.265. The predicted octanol–water partition coefficient (Wildman–Crippen LogP) is 7.77. The number of hydrogen-bond donors (Lipinski definition) is 1. The number of halogens is 3. The number of hydrogen-bond acceptors (Lipinski definition) is 5. The molecule has 36 heavy (non-hydrogen) atoms. The van der Waals surface area contributed by atoms with Gasteiger partial charge in [0.25, 0.3) is 5.91 Å². The second-order valence-electron chi connectivity index (χ2n) is 7.64. The van der Waals surface area contributed by atoms with Crippen LogP contribution in [0.3, 0.4) is 0 Å². The van der Waals surface area contributed by atoms with E-state index in [1.807, 2.05) is 49.4 Å². The van der Waals surface area contributed by atoms with Gasteiger partial charge in [0.1, 0.15) is 12.4 Å². The number of thioether (sulfide) groups is 1. The Labute approximate surface area is 234 Å². The van der Waals surface area contributed by atoms with E-state index < -0.39 is 5.97 Å². The first-order valence-corrected chi connectivity index (χ1v) is 13.5. The number of carbonyl (C=O) groups excluding carboxylic acids is 1. The summed E-state index contributed by atoms with van der Waals surface area (Å²) in [4.78, 5) is 30.8. The Kier molecular flexibility index (Phi) is 8.56. The Hall–Kier alpha value is -2.59. The van der Waals surface area contributed by atoms with E-state index in [-0.39, 0.29) is 11.5 Å². The minimum Gasteiger partial charge on any atom is -0.487 e. The van der Waals surface area contributed by atoms with Crippen molar-refractivity contribution < 1.29 is 19.4 Å². The lowest BCUT2D eigenvalue weighted by Gasteiger charge is -2.12. The number of ether oxygens (including phenoxy) is 1. The number of aliphatic imine (C=N–C) groups is 1. The molecule has 0 aliphatic carbocycles. The van der Waals surface area contributed by atoms with Crippen molar-refractivity contribution in [2.24, 2.45) is 4.99 Å². The minimum absolute atomic E-state index is 0.140. The average Bonchev–Trinajstić information content (AvgIpc) is 3.13. The molecule has 0 aromatic heterocycles. The molecule has 10 heteroatoms.